The molecule has 1 amide bonds. The van der Waals surface area contributed by atoms with E-state index < -0.39 is 31.0 Å². The van der Waals surface area contributed by atoms with E-state index in [1.807, 2.05) is 18.5 Å². The van der Waals surface area contributed by atoms with Crippen molar-refractivity contribution in [3.8, 4) is 16.9 Å². The lowest BCUT2D eigenvalue weighted by Gasteiger charge is -2.37. The third kappa shape index (κ3) is 9.82. The van der Waals surface area contributed by atoms with Gasteiger partial charge in [0.1, 0.15) is 30.2 Å². The van der Waals surface area contributed by atoms with Crippen LogP contribution in [0, 0.1) is 6.92 Å². The predicted molar refractivity (Wildman–Crippen MR) is 201 cm³/mol. The Morgan fingerprint density at radius 1 is 1.00 bits per heavy atom. The summed E-state index contributed by atoms with van der Waals surface area (Å²) in [6.45, 7) is 5.09. The molecule has 5 unspecified atom stereocenters. The number of carbonyl (C=O) groups excluding carboxylic acids is 1. The second-order valence-corrected chi connectivity index (χ2v) is 15.3. The van der Waals surface area contributed by atoms with Gasteiger partial charge < -0.3 is 45.2 Å². The van der Waals surface area contributed by atoms with E-state index in [-0.39, 0.29) is 36.4 Å². The minimum Gasteiger partial charge on any atom is -0.490 e. The zero-order chi connectivity index (χ0) is 37.5. The number of pyridine rings is 1. The zero-order valence-electron chi connectivity index (χ0n) is 31.1. The number of para-hydroxylation sites is 1. The molecule has 6 rings (SSSR count). The standard InChI is InChI=1S/C42H57N3O8/c1-27(6-5-9-39(49)45(31-15-20-52-21-16-31)25-36(47)40(50)41(51)37(48)26-46)29-11-10-28(2)30(22-29)23-44-42(17-18-42)35-24-43-19-14-33(35)34-7-3-4-8-38(34)53-32-12-13-32/h3-4,7-8,10-11,14,19,22,24,27,31-32,36-37,40-41,44,46-48,50-51H,5-6,9,12-13,15-18,20-21,23,25-26H2,1-2H3. The Bertz CT molecular complexity index is 1660. The van der Waals surface area contributed by atoms with Crippen LogP contribution < -0.4 is 10.1 Å². The fourth-order valence-electron chi connectivity index (χ4n) is 7.48. The van der Waals surface area contributed by atoms with Crippen LogP contribution in [-0.4, -0.2) is 104 Å². The van der Waals surface area contributed by atoms with Crippen LogP contribution in [0.1, 0.15) is 92.9 Å². The maximum Gasteiger partial charge on any atom is 0.222 e. The van der Waals surface area contributed by atoms with E-state index >= 15 is 0 Å². The molecule has 3 fully saturated rings. The van der Waals surface area contributed by atoms with E-state index in [9.17, 15) is 25.2 Å². The number of rotatable bonds is 19. The van der Waals surface area contributed by atoms with Gasteiger partial charge in [-0.25, -0.2) is 0 Å². The zero-order valence-corrected chi connectivity index (χ0v) is 31.1. The summed E-state index contributed by atoms with van der Waals surface area (Å²) in [4.78, 5) is 19.7. The van der Waals surface area contributed by atoms with Gasteiger partial charge in [-0.2, -0.15) is 0 Å². The molecule has 6 N–H and O–H groups in total. The first-order valence-electron chi connectivity index (χ1n) is 19.4. The molecule has 11 nitrogen and oxygen atoms in total. The number of aliphatic hydroxyl groups is 5. The summed E-state index contributed by atoms with van der Waals surface area (Å²) in [5, 5.41) is 54.1. The lowest BCUT2D eigenvalue weighted by atomic mass is 9.91. The van der Waals surface area contributed by atoms with Gasteiger partial charge in [0, 0.05) is 62.3 Å². The Morgan fingerprint density at radius 3 is 2.45 bits per heavy atom. The maximum absolute atomic E-state index is 13.6. The number of amides is 1. The second kappa shape index (κ2) is 17.8. The van der Waals surface area contributed by atoms with Gasteiger partial charge in [0.25, 0.3) is 0 Å². The van der Waals surface area contributed by atoms with E-state index in [2.05, 4.69) is 66.6 Å². The van der Waals surface area contributed by atoms with Crippen LogP contribution in [0.3, 0.4) is 0 Å². The van der Waals surface area contributed by atoms with E-state index in [4.69, 9.17) is 14.6 Å². The molecule has 1 aromatic heterocycles. The summed E-state index contributed by atoms with van der Waals surface area (Å²) in [6.07, 6.45) is 4.84. The average Bonchev–Trinajstić information content (AvgIpc) is 4.14. The lowest BCUT2D eigenvalue weighted by Crippen LogP contribution is -2.53. The molecule has 1 aliphatic heterocycles. The molecule has 1 saturated heterocycles. The van der Waals surface area contributed by atoms with Gasteiger partial charge in [-0.3, -0.25) is 9.78 Å². The molecule has 0 radical (unpaired) electrons. The molecular formula is C42H57N3O8. The highest BCUT2D eigenvalue weighted by atomic mass is 16.5. The molecule has 5 atom stereocenters. The topological polar surface area (TPSA) is 165 Å². The normalized spacial score (nSPS) is 19.9. The van der Waals surface area contributed by atoms with Crippen molar-refractivity contribution < 1.29 is 39.8 Å². The number of nitrogens with one attached hydrogen (secondary N) is 1. The van der Waals surface area contributed by atoms with Crippen molar-refractivity contribution in [3.63, 3.8) is 0 Å². The number of hydrogen-bond acceptors (Lipinski definition) is 10. The summed E-state index contributed by atoms with van der Waals surface area (Å²) < 4.78 is 11.8. The summed E-state index contributed by atoms with van der Waals surface area (Å²) in [5.41, 5.74) is 7.00. The van der Waals surface area contributed by atoms with Gasteiger partial charge in [0.15, 0.2) is 0 Å². The molecule has 2 aromatic carbocycles. The number of aliphatic hydroxyl groups excluding tert-OH is 5. The van der Waals surface area contributed by atoms with Crippen LogP contribution in [0.4, 0.5) is 0 Å². The van der Waals surface area contributed by atoms with E-state index in [0.717, 1.165) is 55.5 Å². The van der Waals surface area contributed by atoms with Gasteiger partial charge in [-0.05, 0) is 104 Å². The van der Waals surface area contributed by atoms with Crippen LogP contribution in [0.5, 0.6) is 5.75 Å². The van der Waals surface area contributed by atoms with Crippen molar-refractivity contribution in [2.24, 2.45) is 0 Å². The highest BCUT2D eigenvalue weighted by Gasteiger charge is 2.46. The van der Waals surface area contributed by atoms with Crippen LogP contribution in [0.15, 0.2) is 60.9 Å². The Kier molecular flexibility index (Phi) is 13.2. The first-order chi connectivity index (χ1) is 25.6. The van der Waals surface area contributed by atoms with Crippen molar-refractivity contribution in [2.75, 3.05) is 26.4 Å². The van der Waals surface area contributed by atoms with Crippen LogP contribution in [0.2, 0.25) is 0 Å². The summed E-state index contributed by atoms with van der Waals surface area (Å²) >= 11 is 0. The number of aromatic nitrogens is 1. The van der Waals surface area contributed by atoms with Gasteiger partial charge >= 0.3 is 0 Å². The number of benzene rings is 2. The molecule has 288 valence electrons. The Balaban J connectivity index is 1.07. The van der Waals surface area contributed by atoms with Gasteiger partial charge in [-0.15, -0.1) is 0 Å². The number of nitrogens with zero attached hydrogens (tertiary/aromatic N) is 2. The largest absolute Gasteiger partial charge is 0.490 e. The van der Waals surface area contributed by atoms with Crippen molar-refractivity contribution in [1.29, 1.82) is 0 Å². The van der Waals surface area contributed by atoms with E-state index in [1.165, 1.54) is 22.3 Å². The molecular weight excluding hydrogens is 674 g/mol. The van der Waals surface area contributed by atoms with Crippen molar-refractivity contribution >= 4 is 5.91 Å². The molecule has 2 aliphatic carbocycles. The van der Waals surface area contributed by atoms with Crippen LogP contribution in [0.25, 0.3) is 11.1 Å². The number of aryl methyl sites for hydroxylation is 1. The molecule has 3 aromatic rings. The fraction of sp³-hybridized carbons (Fsp3) is 0.571. The third-order valence-corrected chi connectivity index (χ3v) is 11.3. The first kappa shape index (κ1) is 39.3. The molecule has 2 heterocycles. The molecule has 2 saturated carbocycles. The smallest absolute Gasteiger partial charge is 0.222 e. The summed E-state index contributed by atoms with van der Waals surface area (Å²) in [6, 6.07) is 16.9. The van der Waals surface area contributed by atoms with Gasteiger partial charge in [0.2, 0.25) is 5.91 Å². The first-order valence-corrected chi connectivity index (χ1v) is 19.4. The van der Waals surface area contributed by atoms with E-state index in [1.54, 1.807) is 4.90 Å². The number of carbonyl (C=O) groups is 1. The fourth-order valence-corrected chi connectivity index (χ4v) is 7.48. The van der Waals surface area contributed by atoms with Gasteiger partial charge in [-0.1, -0.05) is 43.3 Å². The number of ether oxygens (including phenoxy) is 2. The Hall–Kier alpha value is -3.42. The number of hydrogen-bond donors (Lipinski definition) is 6. The predicted octanol–water partition coefficient (Wildman–Crippen LogP) is 4.09. The highest BCUT2D eigenvalue weighted by molar-refractivity contribution is 5.76. The van der Waals surface area contributed by atoms with E-state index in [0.29, 0.717) is 38.6 Å². The molecule has 0 bridgehead atoms. The maximum atomic E-state index is 13.6. The third-order valence-electron chi connectivity index (χ3n) is 11.3. The average molecular weight is 732 g/mol. The summed E-state index contributed by atoms with van der Waals surface area (Å²) in [7, 11) is 0. The van der Waals surface area contributed by atoms with Gasteiger partial charge in [0.05, 0.1) is 12.7 Å². The Morgan fingerprint density at radius 2 is 1.74 bits per heavy atom. The quantitative estimate of drug-likeness (QED) is 0.106. The molecule has 11 heteroatoms. The molecule has 0 spiro atoms. The minimum atomic E-state index is -1.74. The van der Waals surface area contributed by atoms with Crippen molar-refractivity contribution in [3.05, 3.63) is 83.2 Å². The van der Waals surface area contributed by atoms with Crippen LogP contribution in [-0.2, 0) is 21.6 Å². The van der Waals surface area contributed by atoms with Crippen molar-refractivity contribution in [2.45, 2.75) is 126 Å². The molecule has 3 aliphatic rings. The summed E-state index contributed by atoms with van der Waals surface area (Å²) in [5.74, 6) is 1.01. The van der Waals surface area contributed by atoms with Crippen molar-refractivity contribution in [1.82, 2.24) is 15.2 Å². The highest BCUT2D eigenvalue weighted by Crippen LogP contribution is 2.50. The Labute approximate surface area is 313 Å². The van der Waals surface area contributed by atoms with Crippen LogP contribution >= 0.6 is 0 Å². The lowest BCUT2D eigenvalue weighted by molar-refractivity contribution is -0.145. The second-order valence-electron chi connectivity index (χ2n) is 15.3. The SMILES string of the molecule is Cc1ccc(C(C)CCCC(=O)N(CC(O)C(O)C(O)C(O)CO)C2CCOCC2)cc1CNC1(c2cnccc2-c2ccccc2OC2CC2)CC1. The molecule has 53 heavy (non-hydrogen) atoms. The minimum absolute atomic E-state index is 0.132. The monoisotopic (exact) mass is 731 g/mol.